The molecule has 0 N–H and O–H groups in total. The topological polar surface area (TPSA) is 77.7 Å². The SMILES string of the molecule is COc1cc(CC(=O)CC2CCC(CCN3CCc4ccc(OCC(F)F)nc4CC3)CC2)on1. The first-order valence-corrected chi connectivity index (χ1v) is 12.6. The number of ketones is 1. The van der Waals surface area contributed by atoms with Crippen LogP contribution in [0, 0.1) is 11.8 Å². The van der Waals surface area contributed by atoms with Gasteiger partial charge in [-0.3, -0.25) is 4.79 Å². The third kappa shape index (κ3) is 7.72. The fourth-order valence-corrected chi connectivity index (χ4v) is 5.21. The van der Waals surface area contributed by atoms with Crippen molar-refractivity contribution in [3.63, 3.8) is 0 Å². The average Bonchev–Trinajstić information content (AvgIpc) is 3.20. The Hall–Kier alpha value is -2.55. The van der Waals surface area contributed by atoms with Crippen LogP contribution < -0.4 is 9.47 Å². The molecule has 192 valence electrons. The second-order valence-corrected chi connectivity index (χ2v) is 9.73. The molecule has 0 atom stereocenters. The summed E-state index contributed by atoms with van der Waals surface area (Å²) < 4.78 is 40.0. The number of hydrogen-bond donors (Lipinski definition) is 0. The van der Waals surface area contributed by atoms with Gasteiger partial charge in [0.2, 0.25) is 5.88 Å². The maximum Gasteiger partial charge on any atom is 0.272 e. The number of hydrogen-bond acceptors (Lipinski definition) is 7. The normalized spacial score (nSPS) is 20.9. The molecule has 9 heteroatoms. The second-order valence-electron chi connectivity index (χ2n) is 9.73. The van der Waals surface area contributed by atoms with Crippen molar-refractivity contribution in [2.24, 2.45) is 11.8 Å². The molecule has 1 saturated carbocycles. The van der Waals surface area contributed by atoms with Gasteiger partial charge in [0.05, 0.1) is 13.5 Å². The predicted octanol–water partition coefficient (Wildman–Crippen LogP) is 4.52. The van der Waals surface area contributed by atoms with E-state index in [0.29, 0.717) is 29.9 Å². The molecule has 0 spiro atoms. The highest BCUT2D eigenvalue weighted by molar-refractivity contribution is 5.80. The molecule has 0 aromatic carbocycles. The Morgan fingerprint density at radius 2 is 1.91 bits per heavy atom. The molecule has 0 radical (unpaired) electrons. The van der Waals surface area contributed by atoms with Crippen LogP contribution >= 0.6 is 0 Å². The van der Waals surface area contributed by atoms with Gasteiger partial charge in [-0.2, -0.15) is 0 Å². The first-order valence-electron chi connectivity index (χ1n) is 12.6. The summed E-state index contributed by atoms with van der Waals surface area (Å²) >= 11 is 0. The fraction of sp³-hybridized carbons (Fsp3) is 0.654. The largest absolute Gasteiger partial charge is 0.479 e. The number of ether oxygens (including phenoxy) is 2. The lowest BCUT2D eigenvalue weighted by Gasteiger charge is -2.30. The molecule has 1 aliphatic heterocycles. The van der Waals surface area contributed by atoms with Crippen LogP contribution in [-0.2, 0) is 24.1 Å². The molecule has 0 bridgehead atoms. The van der Waals surface area contributed by atoms with Crippen LogP contribution in [0.5, 0.6) is 11.8 Å². The second kappa shape index (κ2) is 12.4. The summed E-state index contributed by atoms with van der Waals surface area (Å²) in [6, 6.07) is 5.34. The van der Waals surface area contributed by atoms with Gasteiger partial charge < -0.3 is 18.9 Å². The van der Waals surface area contributed by atoms with E-state index >= 15 is 0 Å². The van der Waals surface area contributed by atoms with Crippen molar-refractivity contribution in [1.29, 1.82) is 0 Å². The van der Waals surface area contributed by atoms with Crippen LogP contribution in [0.25, 0.3) is 0 Å². The number of aromatic nitrogens is 2. The zero-order chi connectivity index (χ0) is 24.6. The number of pyridine rings is 1. The first-order chi connectivity index (χ1) is 17.0. The summed E-state index contributed by atoms with van der Waals surface area (Å²) in [5.41, 5.74) is 2.15. The minimum Gasteiger partial charge on any atom is -0.479 e. The molecule has 2 aromatic heterocycles. The van der Waals surface area contributed by atoms with Gasteiger partial charge >= 0.3 is 0 Å². The smallest absolute Gasteiger partial charge is 0.272 e. The monoisotopic (exact) mass is 491 g/mol. The average molecular weight is 492 g/mol. The fourth-order valence-electron chi connectivity index (χ4n) is 5.21. The minimum absolute atomic E-state index is 0.202. The van der Waals surface area contributed by atoms with E-state index in [4.69, 9.17) is 14.0 Å². The van der Waals surface area contributed by atoms with Gasteiger partial charge in [-0.15, -0.1) is 0 Å². The third-order valence-electron chi connectivity index (χ3n) is 7.22. The van der Waals surface area contributed by atoms with Gasteiger partial charge in [0.25, 0.3) is 12.3 Å². The lowest BCUT2D eigenvalue weighted by molar-refractivity contribution is -0.119. The summed E-state index contributed by atoms with van der Waals surface area (Å²) in [5.74, 6) is 2.62. The summed E-state index contributed by atoms with van der Waals surface area (Å²) in [5, 5.41) is 3.75. The number of Topliss-reactive ketones (excluding diaryl/α,β-unsaturated/α-hetero) is 1. The Bertz CT molecular complexity index is 960. The van der Waals surface area contributed by atoms with Crippen LogP contribution in [0.4, 0.5) is 8.78 Å². The van der Waals surface area contributed by atoms with Crippen molar-refractivity contribution in [2.75, 3.05) is 33.4 Å². The summed E-state index contributed by atoms with van der Waals surface area (Å²) in [6.07, 6.45) is 5.86. The van der Waals surface area contributed by atoms with E-state index in [-0.39, 0.29) is 18.1 Å². The number of fused-ring (bicyclic) bond motifs is 1. The van der Waals surface area contributed by atoms with Crippen molar-refractivity contribution in [3.8, 4) is 11.8 Å². The molecule has 0 amide bonds. The molecule has 3 heterocycles. The number of nitrogens with zero attached hydrogens (tertiary/aromatic N) is 3. The number of alkyl halides is 2. The molecule has 1 fully saturated rings. The minimum atomic E-state index is -2.49. The Morgan fingerprint density at radius 3 is 2.66 bits per heavy atom. The van der Waals surface area contributed by atoms with Gasteiger partial charge in [0, 0.05) is 43.8 Å². The van der Waals surface area contributed by atoms with E-state index < -0.39 is 13.0 Å². The maximum absolute atomic E-state index is 12.4. The van der Waals surface area contributed by atoms with E-state index in [1.54, 1.807) is 12.1 Å². The Labute approximate surface area is 205 Å². The zero-order valence-corrected chi connectivity index (χ0v) is 20.4. The molecule has 0 unspecified atom stereocenters. The Balaban J connectivity index is 1.15. The Kier molecular flexibility index (Phi) is 9.06. The van der Waals surface area contributed by atoms with E-state index in [2.05, 4.69) is 15.0 Å². The van der Waals surface area contributed by atoms with Crippen LogP contribution in [0.3, 0.4) is 0 Å². The number of methoxy groups -OCH3 is 1. The summed E-state index contributed by atoms with van der Waals surface area (Å²) in [4.78, 5) is 19.4. The van der Waals surface area contributed by atoms with Crippen LogP contribution in [0.15, 0.2) is 22.7 Å². The molecular weight excluding hydrogens is 456 g/mol. The van der Waals surface area contributed by atoms with E-state index in [1.165, 1.54) is 31.9 Å². The highest BCUT2D eigenvalue weighted by atomic mass is 19.3. The standard InChI is InChI=1S/C26H35F2N3O4/c1-33-26-16-22(35-30-26)15-21(32)14-19-4-2-18(3-5-19)8-11-31-12-9-20-6-7-25(34-17-24(27)28)29-23(20)10-13-31/h6-7,16,18-19,24H,2-5,8-15,17H2,1H3. The maximum atomic E-state index is 12.4. The molecule has 0 saturated heterocycles. The molecular formula is C26H35F2N3O4. The molecule has 2 aliphatic rings. The molecule has 7 nitrogen and oxygen atoms in total. The van der Waals surface area contributed by atoms with Crippen molar-refractivity contribution in [3.05, 3.63) is 35.2 Å². The van der Waals surface area contributed by atoms with Crippen molar-refractivity contribution < 1.29 is 27.6 Å². The Morgan fingerprint density at radius 1 is 1.14 bits per heavy atom. The lowest BCUT2D eigenvalue weighted by atomic mass is 9.78. The molecule has 4 rings (SSSR count). The van der Waals surface area contributed by atoms with Gasteiger partial charge in [-0.1, -0.05) is 18.9 Å². The molecule has 2 aromatic rings. The molecule has 1 aliphatic carbocycles. The molecule has 35 heavy (non-hydrogen) atoms. The first kappa shape index (κ1) is 25.5. The number of rotatable bonds is 11. The number of carbonyl (C=O) groups excluding carboxylic acids is 1. The van der Waals surface area contributed by atoms with E-state index in [9.17, 15) is 13.6 Å². The number of carbonyl (C=O) groups is 1. The third-order valence-corrected chi connectivity index (χ3v) is 7.22. The van der Waals surface area contributed by atoms with Crippen LogP contribution in [0.1, 0.15) is 55.5 Å². The van der Waals surface area contributed by atoms with Crippen molar-refractivity contribution in [1.82, 2.24) is 15.0 Å². The van der Waals surface area contributed by atoms with Gasteiger partial charge in [0.15, 0.2) is 6.61 Å². The van der Waals surface area contributed by atoms with Crippen molar-refractivity contribution in [2.45, 2.75) is 64.2 Å². The highest BCUT2D eigenvalue weighted by Gasteiger charge is 2.25. The summed E-state index contributed by atoms with van der Waals surface area (Å²) in [7, 11) is 1.53. The van der Waals surface area contributed by atoms with E-state index in [0.717, 1.165) is 51.0 Å². The van der Waals surface area contributed by atoms with Gasteiger partial charge in [-0.25, -0.2) is 13.8 Å². The van der Waals surface area contributed by atoms with Crippen LogP contribution in [-0.4, -0.2) is 60.6 Å². The van der Waals surface area contributed by atoms with Gasteiger partial charge in [0.1, 0.15) is 11.5 Å². The van der Waals surface area contributed by atoms with Gasteiger partial charge in [-0.05, 0) is 54.8 Å². The zero-order valence-electron chi connectivity index (χ0n) is 20.4. The van der Waals surface area contributed by atoms with E-state index in [1.807, 2.05) is 6.07 Å². The summed E-state index contributed by atoms with van der Waals surface area (Å²) in [6.45, 7) is 2.35. The highest BCUT2D eigenvalue weighted by Crippen LogP contribution is 2.33. The number of halogens is 2. The van der Waals surface area contributed by atoms with Crippen molar-refractivity contribution >= 4 is 5.78 Å². The predicted molar refractivity (Wildman–Crippen MR) is 126 cm³/mol. The van der Waals surface area contributed by atoms with Crippen LogP contribution in [0.2, 0.25) is 0 Å². The lowest BCUT2D eigenvalue weighted by Crippen LogP contribution is -2.29. The quantitative estimate of drug-likeness (QED) is 0.457.